The quantitative estimate of drug-likeness (QED) is 0.891. The number of rotatable bonds is 2. The van der Waals surface area contributed by atoms with Crippen LogP contribution in [0.5, 0.6) is 5.75 Å². The minimum absolute atomic E-state index is 0.597. The molecule has 108 valence electrons. The zero-order valence-corrected chi connectivity index (χ0v) is 12.3. The van der Waals surface area contributed by atoms with E-state index in [-0.39, 0.29) is 0 Å². The number of nitrogens with one attached hydrogen (secondary N) is 1. The predicted molar refractivity (Wildman–Crippen MR) is 86.3 cm³/mol. The summed E-state index contributed by atoms with van der Waals surface area (Å²) in [6, 6.07) is 15.4. The number of hydrogen-bond donors (Lipinski definition) is 1. The first-order valence-corrected chi connectivity index (χ1v) is 7.98. The Morgan fingerprint density at radius 1 is 1.10 bits per heavy atom. The standard InChI is InChI=1S/C19H21NO/c1-2-9-18-17(8-1)15(10-11-20-18)13-16-6-3-5-14-7-4-12-21-19(14)16/h1-3,5-6,8-9,15,20H,4,7,10-13H2. The molecule has 0 saturated carbocycles. The maximum atomic E-state index is 5.97. The Labute approximate surface area is 126 Å². The molecule has 0 aromatic heterocycles. The molecule has 2 heteroatoms. The molecule has 0 bridgehead atoms. The maximum absolute atomic E-state index is 5.97. The topological polar surface area (TPSA) is 21.3 Å². The zero-order chi connectivity index (χ0) is 14.1. The number of aryl methyl sites for hydroxylation is 1. The van der Waals surface area contributed by atoms with Crippen molar-refractivity contribution >= 4 is 5.69 Å². The minimum atomic E-state index is 0.597. The summed E-state index contributed by atoms with van der Waals surface area (Å²) in [5.74, 6) is 1.76. The summed E-state index contributed by atoms with van der Waals surface area (Å²) >= 11 is 0. The van der Waals surface area contributed by atoms with Crippen molar-refractivity contribution in [3.05, 3.63) is 59.2 Å². The van der Waals surface area contributed by atoms with Gasteiger partial charge in [-0.2, -0.15) is 0 Å². The molecule has 0 aliphatic carbocycles. The maximum Gasteiger partial charge on any atom is 0.125 e. The summed E-state index contributed by atoms with van der Waals surface area (Å²) in [6.07, 6.45) is 4.58. The van der Waals surface area contributed by atoms with Gasteiger partial charge in [-0.05, 0) is 54.4 Å². The number of hydrogen-bond acceptors (Lipinski definition) is 2. The van der Waals surface area contributed by atoms with Gasteiger partial charge in [-0.15, -0.1) is 0 Å². The fourth-order valence-electron chi connectivity index (χ4n) is 3.65. The molecular formula is C19H21NO. The van der Waals surface area contributed by atoms with Crippen LogP contribution in [0.4, 0.5) is 5.69 Å². The highest BCUT2D eigenvalue weighted by Crippen LogP contribution is 2.37. The number of anilines is 1. The summed E-state index contributed by atoms with van der Waals surface area (Å²) in [6.45, 7) is 1.93. The SMILES string of the molecule is c1cc2c(c(CC3CCNc4ccccc43)c1)OCCC2. The van der Waals surface area contributed by atoms with E-state index in [9.17, 15) is 0 Å². The fraction of sp³-hybridized carbons (Fsp3) is 0.368. The number of benzene rings is 2. The van der Waals surface area contributed by atoms with Gasteiger partial charge in [0, 0.05) is 12.2 Å². The molecule has 2 nitrogen and oxygen atoms in total. The largest absolute Gasteiger partial charge is 0.493 e. The summed E-state index contributed by atoms with van der Waals surface area (Å²) < 4.78 is 5.97. The van der Waals surface area contributed by atoms with Crippen molar-refractivity contribution < 1.29 is 4.74 Å². The molecule has 0 fully saturated rings. The van der Waals surface area contributed by atoms with Gasteiger partial charge in [-0.1, -0.05) is 36.4 Å². The van der Waals surface area contributed by atoms with Crippen LogP contribution in [0.2, 0.25) is 0 Å². The lowest BCUT2D eigenvalue weighted by atomic mass is 9.85. The van der Waals surface area contributed by atoms with Gasteiger partial charge in [0.05, 0.1) is 6.61 Å². The zero-order valence-electron chi connectivity index (χ0n) is 12.3. The number of fused-ring (bicyclic) bond motifs is 2. The number of para-hydroxylation sites is 2. The van der Waals surface area contributed by atoms with E-state index in [0.29, 0.717) is 5.92 Å². The van der Waals surface area contributed by atoms with E-state index < -0.39 is 0 Å². The molecule has 0 amide bonds. The second-order valence-electron chi connectivity index (χ2n) is 6.06. The molecule has 1 N–H and O–H groups in total. The molecule has 2 aromatic rings. The Kier molecular flexibility index (Phi) is 3.30. The molecule has 4 rings (SSSR count). The van der Waals surface area contributed by atoms with Gasteiger partial charge < -0.3 is 10.1 Å². The third kappa shape index (κ3) is 2.39. The highest BCUT2D eigenvalue weighted by molar-refractivity contribution is 5.55. The molecule has 0 radical (unpaired) electrons. The predicted octanol–water partition coefficient (Wildman–Crippen LogP) is 4.15. The Bertz CT molecular complexity index is 650. The van der Waals surface area contributed by atoms with Crippen LogP contribution in [-0.4, -0.2) is 13.2 Å². The van der Waals surface area contributed by atoms with E-state index in [2.05, 4.69) is 47.8 Å². The van der Waals surface area contributed by atoms with E-state index in [1.807, 2.05) is 0 Å². The first-order chi connectivity index (χ1) is 10.4. The highest BCUT2D eigenvalue weighted by atomic mass is 16.5. The Morgan fingerprint density at radius 3 is 3.05 bits per heavy atom. The molecule has 2 heterocycles. The minimum Gasteiger partial charge on any atom is -0.493 e. The van der Waals surface area contributed by atoms with Gasteiger partial charge in [0.25, 0.3) is 0 Å². The average Bonchev–Trinajstić information content (AvgIpc) is 2.56. The molecule has 2 aliphatic heterocycles. The van der Waals surface area contributed by atoms with E-state index in [1.54, 1.807) is 0 Å². The van der Waals surface area contributed by atoms with Crippen molar-refractivity contribution in [2.75, 3.05) is 18.5 Å². The van der Waals surface area contributed by atoms with E-state index in [0.717, 1.165) is 32.4 Å². The Balaban J connectivity index is 1.66. The molecule has 1 atom stereocenters. The lowest BCUT2D eigenvalue weighted by Gasteiger charge is -2.28. The van der Waals surface area contributed by atoms with E-state index in [1.165, 1.54) is 34.5 Å². The van der Waals surface area contributed by atoms with Crippen LogP contribution in [0.1, 0.15) is 35.4 Å². The van der Waals surface area contributed by atoms with Crippen LogP contribution in [0.25, 0.3) is 0 Å². The summed E-state index contributed by atoms with van der Waals surface area (Å²) in [7, 11) is 0. The summed E-state index contributed by atoms with van der Waals surface area (Å²) in [4.78, 5) is 0. The van der Waals surface area contributed by atoms with Crippen LogP contribution < -0.4 is 10.1 Å². The highest BCUT2D eigenvalue weighted by Gasteiger charge is 2.22. The molecule has 1 unspecified atom stereocenters. The molecule has 0 saturated heterocycles. The van der Waals surface area contributed by atoms with Gasteiger partial charge in [0.2, 0.25) is 0 Å². The third-order valence-electron chi connectivity index (χ3n) is 4.69. The summed E-state index contributed by atoms with van der Waals surface area (Å²) in [5, 5.41) is 3.51. The Morgan fingerprint density at radius 2 is 2.05 bits per heavy atom. The van der Waals surface area contributed by atoms with Crippen molar-refractivity contribution in [2.45, 2.75) is 31.6 Å². The van der Waals surface area contributed by atoms with Crippen LogP contribution >= 0.6 is 0 Å². The normalized spacial score (nSPS) is 19.9. The third-order valence-corrected chi connectivity index (χ3v) is 4.69. The first kappa shape index (κ1) is 12.8. The molecule has 0 spiro atoms. The lowest BCUT2D eigenvalue weighted by molar-refractivity contribution is 0.284. The van der Waals surface area contributed by atoms with Gasteiger partial charge >= 0.3 is 0 Å². The number of ether oxygens (including phenoxy) is 1. The molecule has 2 aliphatic rings. The van der Waals surface area contributed by atoms with Crippen LogP contribution in [-0.2, 0) is 12.8 Å². The van der Waals surface area contributed by atoms with Crippen molar-refractivity contribution in [1.82, 2.24) is 0 Å². The van der Waals surface area contributed by atoms with Crippen LogP contribution in [0.3, 0.4) is 0 Å². The van der Waals surface area contributed by atoms with Gasteiger partial charge in [-0.3, -0.25) is 0 Å². The van der Waals surface area contributed by atoms with Crippen molar-refractivity contribution in [1.29, 1.82) is 0 Å². The second kappa shape index (κ2) is 5.44. The van der Waals surface area contributed by atoms with Gasteiger partial charge in [0.15, 0.2) is 0 Å². The molecule has 2 aromatic carbocycles. The van der Waals surface area contributed by atoms with Gasteiger partial charge in [-0.25, -0.2) is 0 Å². The van der Waals surface area contributed by atoms with Crippen LogP contribution in [0, 0.1) is 0 Å². The van der Waals surface area contributed by atoms with Crippen molar-refractivity contribution in [3.8, 4) is 5.75 Å². The van der Waals surface area contributed by atoms with Gasteiger partial charge in [0.1, 0.15) is 5.75 Å². The van der Waals surface area contributed by atoms with E-state index >= 15 is 0 Å². The van der Waals surface area contributed by atoms with Crippen molar-refractivity contribution in [3.63, 3.8) is 0 Å². The first-order valence-electron chi connectivity index (χ1n) is 7.98. The lowest BCUT2D eigenvalue weighted by Crippen LogP contribution is -2.19. The van der Waals surface area contributed by atoms with Crippen LogP contribution in [0.15, 0.2) is 42.5 Å². The monoisotopic (exact) mass is 279 g/mol. The molecular weight excluding hydrogens is 258 g/mol. The fourth-order valence-corrected chi connectivity index (χ4v) is 3.65. The summed E-state index contributed by atoms with van der Waals surface area (Å²) in [5.41, 5.74) is 5.53. The molecule has 21 heavy (non-hydrogen) atoms. The van der Waals surface area contributed by atoms with E-state index in [4.69, 9.17) is 4.74 Å². The Hall–Kier alpha value is -1.96. The second-order valence-corrected chi connectivity index (χ2v) is 6.06. The van der Waals surface area contributed by atoms with Crippen molar-refractivity contribution in [2.24, 2.45) is 0 Å². The smallest absolute Gasteiger partial charge is 0.125 e. The average molecular weight is 279 g/mol.